The molecule has 3 rings (SSSR count). The van der Waals surface area contributed by atoms with Crippen LogP contribution in [0.5, 0.6) is 5.75 Å². The Balaban J connectivity index is 0.000000148. The largest absolute Gasteiger partial charge is 0.508 e. The van der Waals surface area contributed by atoms with E-state index < -0.39 is 0 Å². The van der Waals surface area contributed by atoms with Crippen LogP contribution in [0.2, 0.25) is 0 Å². The van der Waals surface area contributed by atoms with Crippen LogP contribution in [0.4, 0.5) is 0 Å². The zero-order chi connectivity index (χ0) is 13.7. The molecule has 0 saturated carbocycles. The van der Waals surface area contributed by atoms with Crippen LogP contribution in [0, 0.1) is 13.8 Å². The number of phenols is 1. The number of para-hydroxylation sites is 2. The molecule has 0 unspecified atom stereocenters. The smallest absolute Gasteiger partial charge is 0.118 e. The molecule has 2 nitrogen and oxygen atoms in total. The summed E-state index contributed by atoms with van der Waals surface area (Å²) in [5.74, 6) is 0.368. The predicted octanol–water partition coefficient (Wildman–Crippen LogP) is 4.24. The summed E-state index contributed by atoms with van der Waals surface area (Å²) < 4.78 is 0. The highest BCUT2D eigenvalue weighted by Gasteiger charge is 1.91. The van der Waals surface area contributed by atoms with Crippen LogP contribution in [-0.4, -0.2) is 10.1 Å². The van der Waals surface area contributed by atoms with E-state index in [0.29, 0.717) is 5.75 Å². The first-order valence-electron chi connectivity index (χ1n) is 6.24. The van der Waals surface area contributed by atoms with Gasteiger partial charge in [0.2, 0.25) is 0 Å². The number of aromatic hydroxyl groups is 1. The summed E-state index contributed by atoms with van der Waals surface area (Å²) >= 11 is 0. The third-order valence-electron chi connectivity index (χ3n) is 2.85. The van der Waals surface area contributed by atoms with Crippen LogP contribution in [0.3, 0.4) is 0 Å². The number of pyridine rings is 1. The van der Waals surface area contributed by atoms with Gasteiger partial charge in [0, 0.05) is 11.1 Å². The SMILES string of the molecule is Cc1ccc2ccccc2n1.Cc1ccccc1O. The molecule has 0 saturated heterocycles. The van der Waals surface area contributed by atoms with E-state index in [1.54, 1.807) is 6.07 Å². The number of hydrogen-bond acceptors (Lipinski definition) is 2. The maximum absolute atomic E-state index is 8.92. The number of rotatable bonds is 0. The molecule has 0 spiro atoms. The first-order valence-corrected chi connectivity index (χ1v) is 6.24. The van der Waals surface area contributed by atoms with Crippen LogP contribution in [0.15, 0.2) is 60.7 Å². The molecule has 0 aliphatic heterocycles. The Hall–Kier alpha value is -2.35. The highest BCUT2D eigenvalue weighted by atomic mass is 16.3. The molecular formula is C17H17NO. The van der Waals surface area contributed by atoms with Crippen molar-refractivity contribution in [3.05, 3.63) is 71.9 Å². The van der Waals surface area contributed by atoms with Crippen molar-refractivity contribution >= 4 is 10.9 Å². The number of phenolic OH excluding ortho intramolecular Hbond substituents is 1. The van der Waals surface area contributed by atoms with Crippen molar-refractivity contribution < 1.29 is 5.11 Å². The van der Waals surface area contributed by atoms with Crippen molar-refractivity contribution in [3.63, 3.8) is 0 Å². The van der Waals surface area contributed by atoms with Crippen molar-refractivity contribution in [2.45, 2.75) is 13.8 Å². The highest BCUT2D eigenvalue weighted by Crippen LogP contribution is 2.12. The number of aromatic nitrogens is 1. The Kier molecular flexibility index (Phi) is 4.14. The summed E-state index contributed by atoms with van der Waals surface area (Å²) in [5, 5.41) is 10.1. The molecule has 2 heteroatoms. The second-order valence-corrected chi connectivity index (χ2v) is 4.43. The molecule has 96 valence electrons. The molecular weight excluding hydrogens is 234 g/mol. The van der Waals surface area contributed by atoms with E-state index in [1.165, 1.54) is 5.39 Å². The Morgan fingerprint density at radius 1 is 0.789 bits per heavy atom. The van der Waals surface area contributed by atoms with Gasteiger partial charge in [-0.15, -0.1) is 0 Å². The second-order valence-electron chi connectivity index (χ2n) is 4.43. The lowest BCUT2D eigenvalue weighted by Crippen LogP contribution is -1.80. The van der Waals surface area contributed by atoms with Gasteiger partial charge in [-0.1, -0.05) is 42.5 Å². The fourth-order valence-electron chi connectivity index (χ4n) is 1.73. The quantitative estimate of drug-likeness (QED) is 0.648. The Bertz CT molecular complexity index is 656. The fourth-order valence-corrected chi connectivity index (χ4v) is 1.73. The summed E-state index contributed by atoms with van der Waals surface area (Å²) in [6.45, 7) is 3.88. The maximum Gasteiger partial charge on any atom is 0.118 e. The highest BCUT2D eigenvalue weighted by molar-refractivity contribution is 5.78. The minimum atomic E-state index is 0.368. The molecule has 0 bridgehead atoms. The van der Waals surface area contributed by atoms with Gasteiger partial charge < -0.3 is 5.11 Å². The molecule has 1 heterocycles. The average Bonchev–Trinajstić information content (AvgIpc) is 2.43. The third-order valence-corrected chi connectivity index (χ3v) is 2.85. The predicted molar refractivity (Wildman–Crippen MR) is 79.3 cm³/mol. The van der Waals surface area contributed by atoms with Gasteiger partial charge in [-0.3, -0.25) is 4.98 Å². The molecule has 1 N–H and O–H groups in total. The molecule has 0 radical (unpaired) electrons. The standard InChI is InChI=1S/C10H9N.C7H8O/c1-8-6-7-9-4-2-3-5-10(9)11-8;1-6-4-2-3-5-7(6)8/h2-7H,1H3;2-5,8H,1H3. The van der Waals surface area contributed by atoms with Crippen LogP contribution in [-0.2, 0) is 0 Å². The summed E-state index contributed by atoms with van der Waals surface area (Å²) in [4.78, 5) is 4.38. The second kappa shape index (κ2) is 6.01. The van der Waals surface area contributed by atoms with E-state index in [9.17, 15) is 0 Å². The molecule has 1 aromatic heterocycles. The van der Waals surface area contributed by atoms with E-state index in [4.69, 9.17) is 5.11 Å². The number of aryl methyl sites for hydroxylation is 2. The van der Waals surface area contributed by atoms with E-state index in [-0.39, 0.29) is 0 Å². The van der Waals surface area contributed by atoms with Gasteiger partial charge in [0.05, 0.1) is 5.52 Å². The lowest BCUT2D eigenvalue weighted by molar-refractivity contribution is 0.471. The zero-order valence-electron chi connectivity index (χ0n) is 11.2. The van der Waals surface area contributed by atoms with Crippen LogP contribution >= 0.6 is 0 Å². The van der Waals surface area contributed by atoms with E-state index >= 15 is 0 Å². The molecule has 0 atom stereocenters. The van der Waals surface area contributed by atoms with Gasteiger partial charge in [-0.2, -0.15) is 0 Å². The first-order chi connectivity index (χ1) is 9.16. The molecule has 3 aromatic rings. The number of hydrogen-bond donors (Lipinski definition) is 1. The molecule has 0 fully saturated rings. The molecule has 19 heavy (non-hydrogen) atoms. The zero-order valence-corrected chi connectivity index (χ0v) is 11.2. The van der Waals surface area contributed by atoms with Gasteiger partial charge in [0.15, 0.2) is 0 Å². The number of fused-ring (bicyclic) bond motifs is 1. The molecule has 0 aliphatic carbocycles. The number of benzene rings is 2. The fraction of sp³-hybridized carbons (Fsp3) is 0.118. The monoisotopic (exact) mass is 251 g/mol. The summed E-state index contributed by atoms with van der Waals surface area (Å²) in [5.41, 5.74) is 3.07. The average molecular weight is 251 g/mol. The van der Waals surface area contributed by atoms with Crippen molar-refractivity contribution in [2.24, 2.45) is 0 Å². The number of nitrogens with zero attached hydrogens (tertiary/aromatic N) is 1. The van der Waals surface area contributed by atoms with Crippen LogP contribution in [0.1, 0.15) is 11.3 Å². The Labute approximate surface area is 113 Å². The Morgan fingerprint density at radius 2 is 1.47 bits per heavy atom. The van der Waals surface area contributed by atoms with Crippen LogP contribution in [0.25, 0.3) is 10.9 Å². The van der Waals surface area contributed by atoms with Gasteiger partial charge in [0.1, 0.15) is 5.75 Å². The minimum Gasteiger partial charge on any atom is -0.508 e. The molecule has 0 amide bonds. The van der Waals surface area contributed by atoms with Crippen molar-refractivity contribution in [1.82, 2.24) is 4.98 Å². The van der Waals surface area contributed by atoms with Gasteiger partial charge >= 0.3 is 0 Å². The normalized spacial score (nSPS) is 9.79. The minimum absolute atomic E-state index is 0.368. The van der Waals surface area contributed by atoms with Crippen molar-refractivity contribution in [1.29, 1.82) is 0 Å². The van der Waals surface area contributed by atoms with Crippen molar-refractivity contribution in [2.75, 3.05) is 0 Å². The van der Waals surface area contributed by atoms with Crippen molar-refractivity contribution in [3.8, 4) is 5.75 Å². The Morgan fingerprint density at radius 3 is 2.16 bits per heavy atom. The van der Waals surface area contributed by atoms with Gasteiger partial charge in [-0.25, -0.2) is 0 Å². The summed E-state index contributed by atoms with van der Waals surface area (Å²) in [6, 6.07) is 19.5. The van der Waals surface area contributed by atoms with E-state index in [0.717, 1.165) is 16.8 Å². The van der Waals surface area contributed by atoms with Gasteiger partial charge in [0.25, 0.3) is 0 Å². The van der Waals surface area contributed by atoms with E-state index in [1.807, 2.05) is 56.3 Å². The lowest BCUT2D eigenvalue weighted by atomic mass is 10.2. The molecule has 0 aliphatic rings. The topological polar surface area (TPSA) is 33.1 Å². The maximum atomic E-state index is 8.92. The summed E-state index contributed by atoms with van der Waals surface area (Å²) in [6.07, 6.45) is 0. The lowest BCUT2D eigenvalue weighted by Gasteiger charge is -1.95. The third kappa shape index (κ3) is 3.55. The molecule has 2 aromatic carbocycles. The van der Waals surface area contributed by atoms with Gasteiger partial charge in [-0.05, 0) is 37.6 Å². The van der Waals surface area contributed by atoms with E-state index in [2.05, 4.69) is 17.1 Å². The first kappa shape index (κ1) is 13.1. The van der Waals surface area contributed by atoms with Crippen LogP contribution < -0.4 is 0 Å². The summed E-state index contributed by atoms with van der Waals surface area (Å²) in [7, 11) is 0.